The van der Waals surface area contributed by atoms with Gasteiger partial charge < -0.3 is 14.6 Å². The lowest BCUT2D eigenvalue weighted by atomic mass is 10.1. The van der Waals surface area contributed by atoms with E-state index >= 15 is 0 Å². The molecule has 2 atom stereocenters. The first-order valence-corrected chi connectivity index (χ1v) is 7.59. The molecule has 2 aromatic rings. The largest absolute Gasteiger partial charge is 0.497 e. The molecular weight excluding hydrogens is 316 g/mol. The topological polar surface area (TPSA) is 63.4 Å². The number of nitrogens with one attached hydrogen (secondary N) is 1. The Morgan fingerprint density at radius 3 is 2.48 bits per heavy atom. The van der Waals surface area contributed by atoms with E-state index in [0.29, 0.717) is 30.3 Å². The Bertz CT molecular complexity index is 607. The van der Waals surface area contributed by atoms with Crippen molar-refractivity contribution in [2.75, 3.05) is 20.2 Å². The zero-order valence-corrected chi connectivity index (χ0v) is 14.5. The summed E-state index contributed by atoms with van der Waals surface area (Å²) in [7, 11) is 1.65. The average molecular weight is 339 g/mol. The predicted molar refractivity (Wildman–Crippen MR) is 90.9 cm³/mol. The first-order valence-electron chi connectivity index (χ1n) is 7.59. The third kappa shape index (κ3) is 4.43. The molecule has 2 heterocycles. The van der Waals surface area contributed by atoms with Crippen LogP contribution in [0.2, 0.25) is 0 Å². The molecular formula is C16H23ClN4O2. The number of aromatic nitrogens is 2. The molecule has 3 rings (SSSR count). The number of hydrogen-bond donors (Lipinski definition) is 1. The molecule has 0 bridgehead atoms. The van der Waals surface area contributed by atoms with Crippen LogP contribution in [0, 0.1) is 0 Å². The van der Waals surface area contributed by atoms with Crippen LogP contribution in [0.25, 0.3) is 11.4 Å². The number of rotatable bonds is 4. The lowest BCUT2D eigenvalue weighted by molar-refractivity contribution is 0.149. The maximum Gasteiger partial charge on any atom is 0.241 e. The van der Waals surface area contributed by atoms with Crippen molar-refractivity contribution in [1.82, 2.24) is 20.4 Å². The molecule has 1 fully saturated rings. The first kappa shape index (κ1) is 17.7. The van der Waals surface area contributed by atoms with Gasteiger partial charge in [-0.05, 0) is 38.1 Å². The normalized spacial score (nSPS) is 21.7. The van der Waals surface area contributed by atoms with E-state index in [1.165, 1.54) is 0 Å². The minimum absolute atomic E-state index is 0. The van der Waals surface area contributed by atoms with E-state index in [-0.39, 0.29) is 12.4 Å². The molecule has 0 radical (unpaired) electrons. The van der Waals surface area contributed by atoms with Crippen LogP contribution in [-0.4, -0.2) is 47.3 Å². The van der Waals surface area contributed by atoms with Gasteiger partial charge in [-0.2, -0.15) is 4.98 Å². The van der Waals surface area contributed by atoms with Crippen LogP contribution in [0.4, 0.5) is 0 Å². The zero-order chi connectivity index (χ0) is 15.5. The zero-order valence-electron chi connectivity index (χ0n) is 13.7. The highest BCUT2D eigenvalue weighted by Gasteiger charge is 2.22. The summed E-state index contributed by atoms with van der Waals surface area (Å²) >= 11 is 0. The molecule has 2 unspecified atom stereocenters. The van der Waals surface area contributed by atoms with E-state index in [2.05, 4.69) is 34.2 Å². The van der Waals surface area contributed by atoms with Gasteiger partial charge in [-0.3, -0.25) is 4.90 Å². The Kier molecular flexibility index (Phi) is 5.98. The smallest absolute Gasteiger partial charge is 0.241 e. The maximum atomic E-state index is 5.39. The van der Waals surface area contributed by atoms with Crippen LogP contribution >= 0.6 is 12.4 Å². The summed E-state index contributed by atoms with van der Waals surface area (Å²) < 4.78 is 10.5. The van der Waals surface area contributed by atoms with Crippen LogP contribution in [-0.2, 0) is 6.54 Å². The highest BCUT2D eigenvalue weighted by Crippen LogP contribution is 2.20. The predicted octanol–water partition coefficient (Wildman–Crippen LogP) is 2.35. The fourth-order valence-electron chi connectivity index (χ4n) is 2.94. The van der Waals surface area contributed by atoms with Crippen LogP contribution in [0.15, 0.2) is 28.8 Å². The van der Waals surface area contributed by atoms with E-state index in [1.54, 1.807) is 7.11 Å². The van der Waals surface area contributed by atoms with E-state index in [1.807, 2.05) is 24.3 Å². The lowest BCUT2D eigenvalue weighted by Gasteiger charge is -2.35. The van der Waals surface area contributed by atoms with Crippen LogP contribution in [0.3, 0.4) is 0 Å². The highest BCUT2D eigenvalue weighted by atomic mass is 35.5. The van der Waals surface area contributed by atoms with E-state index in [9.17, 15) is 0 Å². The van der Waals surface area contributed by atoms with Gasteiger partial charge in [0.05, 0.1) is 13.7 Å². The van der Waals surface area contributed by atoms with Crippen molar-refractivity contribution in [1.29, 1.82) is 0 Å². The second-order valence-electron chi connectivity index (χ2n) is 5.90. The second kappa shape index (κ2) is 7.77. The standard InChI is InChI=1S/C16H22N4O2.ClH/c1-11-8-20(9-12(2)17-11)10-15-18-16(19-22-15)13-4-6-14(21-3)7-5-13;/h4-7,11-12,17H,8-10H2,1-3H3;1H. The molecule has 0 amide bonds. The molecule has 1 N–H and O–H groups in total. The second-order valence-corrected chi connectivity index (χ2v) is 5.90. The van der Waals surface area contributed by atoms with Crippen molar-refractivity contribution >= 4 is 12.4 Å². The van der Waals surface area contributed by atoms with E-state index in [0.717, 1.165) is 24.4 Å². The molecule has 126 valence electrons. The number of piperazine rings is 1. The van der Waals surface area contributed by atoms with Crippen molar-refractivity contribution in [3.63, 3.8) is 0 Å². The molecule has 1 aromatic heterocycles. The molecule has 0 aliphatic carbocycles. The Labute approximate surface area is 142 Å². The Morgan fingerprint density at radius 2 is 1.87 bits per heavy atom. The molecule has 0 saturated carbocycles. The van der Waals surface area contributed by atoms with Gasteiger partial charge in [0.15, 0.2) is 0 Å². The molecule has 0 spiro atoms. The summed E-state index contributed by atoms with van der Waals surface area (Å²) in [6, 6.07) is 8.61. The molecule has 7 heteroatoms. The fourth-order valence-corrected chi connectivity index (χ4v) is 2.94. The third-order valence-corrected chi connectivity index (χ3v) is 3.81. The minimum atomic E-state index is 0. The van der Waals surface area contributed by atoms with Gasteiger partial charge in [0, 0.05) is 30.7 Å². The summed E-state index contributed by atoms with van der Waals surface area (Å²) in [5.41, 5.74) is 0.929. The van der Waals surface area contributed by atoms with Gasteiger partial charge in [0.1, 0.15) is 5.75 Å². The molecule has 6 nitrogen and oxygen atoms in total. The summed E-state index contributed by atoms with van der Waals surface area (Å²) in [6.45, 7) is 7.06. The van der Waals surface area contributed by atoms with Crippen molar-refractivity contribution < 1.29 is 9.26 Å². The average Bonchev–Trinajstić information content (AvgIpc) is 2.95. The minimum Gasteiger partial charge on any atom is -0.497 e. The van der Waals surface area contributed by atoms with E-state index < -0.39 is 0 Å². The Balaban J connectivity index is 0.00000192. The number of ether oxygens (including phenoxy) is 1. The number of methoxy groups -OCH3 is 1. The monoisotopic (exact) mass is 338 g/mol. The van der Waals surface area contributed by atoms with Gasteiger partial charge in [0.2, 0.25) is 11.7 Å². The van der Waals surface area contributed by atoms with E-state index in [4.69, 9.17) is 9.26 Å². The summed E-state index contributed by atoms with van der Waals surface area (Å²) in [5, 5.41) is 7.59. The van der Waals surface area contributed by atoms with Crippen LogP contribution < -0.4 is 10.1 Å². The molecule has 23 heavy (non-hydrogen) atoms. The van der Waals surface area contributed by atoms with Gasteiger partial charge in [-0.15, -0.1) is 12.4 Å². The summed E-state index contributed by atoms with van der Waals surface area (Å²) in [5.74, 6) is 2.09. The number of hydrogen-bond acceptors (Lipinski definition) is 6. The first-order chi connectivity index (χ1) is 10.6. The van der Waals surface area contributed by atoms with Gasteiger partial charge in [-0.1, -0.05) is 5.16 Å². The molecule has 1 aliphatic heterocycles. The fraction of sp³-hybridized carbons (Fsp3) is 0.500. The highest BCUT2D eigenvalue weighted by molar-refractivity contribution is 5.85. The van der Waals surface area contributed by atoms with Crippen molar-refractivity contribution in [2.24, 2.45) is 0 Å². The Morgan fingerprint density at radius 1 is 1.22 bits per heavy atom. The SMILES string of the molecule is COc1ccc(-c2noc(CN3CC(C)NC(C)C3)n2)cc1.Cl. The summed E-state index contributed by atoms with van der Waals surface area (Å²) in [4.78, 5) is 6.84. The molecule has 1 aromatic carbocycles. The lowest BCUT2D eigenvalue weighted by Crippen LogP contribution is -2.53. The van der Waals surface area contributed by atoms with Crippen LogP contribution in [0.1, 0.15) is 19.7 Å². The molecule has 1 aliphatic rings. The van der Waals surface area contributed by atoms with Gasteiger partial charge >= 0.3 is 0 Å². The maximum absolute atomic E-state index is 5.39. The van der Waals surface area contributed by atoms with Gasteiger partial charge in [0.25, 0.3) is 0 Å². The quantitative estimate of drug-likeness (QED) is 0.923. The third-order valence-electron chi connectivity index (χ3n) is 3.81. The number of nitrogens with zero attached hydrogens (tertiary/aromatic N) is 3. The number of halogens is 1. The van der Waals surface area contributed by atoms with Crippen molar-refractivity contribution in [3.8, 4) is 17.1 Å². The molecule has 1 saturated heterocycles. The Hall–Kier alpha value is -1.63. The van der Waals surface area contributed by atoms with Gasteiger partial charge in [-0.25, -0.2) is 0 Å². The number of benzene rings is 1. The van der Waals surface area contributed by atoms with Crippen molar-refractivity contribution in [2.45, 2.75) is 32.5 Å². The van der Waals surface area contributed by atoms with Crippen molar-refractivity contribution in [3.05, 3.63) is 30.2 Å². The summed E-state index contributed by atoms with van der Waals surface area (Å²) in [6.07, 6.45) is 0. The van der Waals surface area contributed by atoms with Crippen LogP contribution in [0.5, 0.6) is 5.75 Å².